The lowest BCUT2D eigenvalue weighted by Gasteiger charge is -2.28. The van der Waals surface area contributed by atoms with Crippen LogP contribution in [0.1, 0.15) is 32.1 Å². The summed E-state index contributed by atoms with van der Waals surface area (Å²) in [6.07, 6.45) is 7.03. The lowest BCUT2D eigenvalue weighted by molar-refractivity contribution is -0.126. The van der Waals surface area contributed by atoms with Gasteiger partial charge < -0.3 is 20.1 Å². The molecule has 0 radical (unpaired) electrons. The largest absolute Gasteiger partial charge is 0.393 e. The highest BCUT2D eigenvalue weighted by atomic mass is 16.5. The predicted octanol–water partition coefficient (Wildman–Crippen LogP) is 0.738. The number of carbonyl (C=O) groups excluding carboxylic acids is 1. The maximum absolute atomic E-state index is 12.4. The van der Waals surface area contributed by atoms with Crippen molar-refractivity contribution in [1.82, 2.24) is 15.3 Å². The zero-order valence-electron chi connectivity index (χ0n) is 14.1. The normalized spacial score (nSPS) is 30.3. The third-order valence-electron chi connectivity index (χ3n) is 5.15. The Labute approximate surface area is 142 Å². The molecule has 132 valence electrons. The average Bonchev–Trinajstić information content (AvgIpc) is 3.04. The number of aromatic nitrogens is 2. The molecule has 2 atom stereocenters. The molecule has 1 saturated carbocycles. The number of rotatable bonds is 5. The van der Waals surface area contributed by atoms with Crippen LogP contribution in [0.4, 0.5) is 5.82 Å². The fourth-order valence-corrected chi connectivity index (χ4v) is 3.67. The third-order valence-corrected chi connectivity index (χ3v) is 5.15. The summed E-state index contributed by atoms with van der Waals surface area (Å²) in [7, 11) is 1.72. The summed E-state index contributed by atoms with van der Waals surface area (Å²) in [5.41, 5.74) is 0. The first-order chi connectivity index (χ1) is 11.7. The zero-order chi connectivity index (χ0) is 16.9. The van der Waals surface area contributed by atoms with Gasteiger partial charge in [0.05, 0.1) is 18.2 Å². The molecule has 7 heteroatoms. The van der Waals surface area contributed by atoms with Gasteiger partial charge in [0.2, 0.25) is 5.91 Å². The first-order valence-electron chi connectivity index (χ1n) is 8.68. The molecule has 0 spiro atoms. The fourth-order valence-electron chi connectivity index (χ4n) is 3.67. The van der Waals surface area contributed by atoms with Crippen molar-refractivity contribution in [2.45, 2.75) is 50.4 Å². The molecule has 0 aromatic carbocycles. The van der Waals surface area contributed by atoms with Gasteiger partial charge in [-0.15, -0.1) is 0 Å². The first-order valence-corrected chi connectivity index (χ1v) is 8.68. The van der Waals surface area contributed by atoms with Crippen molar-refractivity contribution in [3.63, 3.8) is 0 Å². The Morgan fingerprint density at radius 2 is 2.21 bits per heavy atom. The zero-order valence-corrected chi connectivity index (χ0v) is 14.1. The quantitative estimate of drug-likeness (QED) is 0.826. The number of hydrogen-bond acceptors (Lipinski definition) is 6. The molecule has 2 fully saturated rings. The van der Waals surface area contributed by atoms with Crippen molar-refractivity contribution in [3.05, 3.63) is 18.6 Å². The molecule has 7 nitrogen and oxygen atoms in total. The highest BCUT2D eigenvalue weighted by Gasteiger charge is 2.34. The van der Waals surface area contributed by atoms with Crippen LogP contribution in [0.3, 0.4) is 0 Å². The number of aliphatic hydroxyl groups is 1. The SMILES string of the molecule is CO[C@@H]1C[C@H](CNC(=O)C2CCC(O)CC2)N(c2ccncn2)C1. The van der Waals surface area contributed by atoms with Crippen LogP contribution in [0.25, 0.3) is 0 Å². The van der Waals surface area contributed by atoms with Crippen LogP contribution in [0.5, 0.6) is 0 Å². The van der Waals surface area contributed by atoms with E-state index >= 15 is 0 Å². The van der Waals surface area contributed by atoms with Crippen LogP contribution in [-0.2, 0) is 9.53 Å². The molecular formula is C17H26N4O3. The molecule has 1 aliphatic heterocycles. The minimum atomic E-state index is -0.236. The molecule has 1 aliphatic carbocycles. The molecule has 0 bridgehead atoms. The lowest BCUT2D eigenvalue weighted by Crippen LogP contribution is -2.43. The van der Waals surface area contributed by atoms with Gasteiger partial charge in [-0.25, -0.2) is 9.97 Å². The summed E-state index contributed by atoms with van der Waals surface area (Å²) in [5.74, 6) is 0.996. The average molecular weight is 334 g/mol. The van der Waals surface area contributed by atoms with Gasteiger partial charge in [0.25, 0.3) is 0 Å². The van der Waals surface area contributed by atoms with Gasteiger partial charge in [0.1, 0.15) is 12.1 Å². The van der Waals surface area contributed by atoms with Crippen LogP contribution in [0.2, 0.25) is 0 Å². The van der Waals surface area contributed by atoms with Crippen LogP contribution in [-0.4, -0.2) is 59.4 Å². The van der Waals surface area contributed by atoms with Gasteiger partial charge in [-0.05, 0) is 38.2 Å². The second-order valence-electron chi connectivity index (χ2n) is 6.72. The third kappa shape index (κ3) is 4.02. The molecule has 1 aromatic heterocycles. The lowest BCUT2D eigenvalue weighted by atomic mass is 9.87. The summed E-state index contributed by atoms with van der Waals surface area (Å²) < 4.78 is 5.50. The Balaban J connectivity index is 1.57. The standard InChI is InChI=1S/C17H26N4O3/c1-24-15-8-13(21(10-15)16-6-7-18-11-20-16)9-19-17(23)12-2-4-14(22)5-3-12/h6-7,11-15,22H,2-5,8-10H2,1H3,(H,19,23)/t12?,13-,14?,15-/m1/s1. The first kappa shape index (κ1) is 17.1. The van der Waals surface area contributed by atoms with Crippen LogP contribution in [0.15, 0.2) is 18.6 Å². The van der Waals surface area contributed by atoms with E-state index in [1.165, 1.54) is 0 Å². The second-order valence-corrected chi connectivity index (χ2v) is 6.72. The Morgan fingerprint density at radius 1 is 1.42 bits per heavy atom. The number of carbonyl (C=O) groups is 1. The van der Waals surface area contributed by atoms with Gasteiger partial charge in [0.15, 0.2) is 0 Å². The van der Waals surface area contributed by atoms with Crippen molar-refractivity contribution in [1.29, 1.82) is 0 Å². The van der Waals surface area contributed by atoms with Crippen molar-refractivity contribution in [2.75, 3.05) is 25.1 Å². The highest BCUT2D eigenvalue weighted by Crippen LogP contribution is 2.26. The number of ether oxygens (including phenoxy) is 1. The Bertz CT molecular complexity index is 534. The smallest absolute Gasteiger partial charge is 0.223 e. The number of anilines is 1. The van der Waals surface area contributed by atoms with E-state index in [-0.39, 0.29) is 30.1 Å². The summed E-state index contributed by atoms with van der Waals surface area (Å²) >= 11 is 0. The summed E-state index contributed by atoms with van der Waals surface area (Å²) in [5, 5.41) is 12.7. The maximum atomic E-state index is 12.4. The predicted molar refractivity (Wildman–Crippen MR) is 89.6 cm³/mol. The molecule has 24 heavy (non-hydrogen) atoms. The Kier molecular flexibility index (Phi) is 5.63. The number of nitrogens with zero attached hydrogens (tertiary/aromatic N) is 3. The van der Waals surface area contributed by atoms with E-state index in [0.29, 0.717) is 6.54 Å². The van der Waals surface area contributed by atoms with Crippen LogP contribution in [0, 0.1) is 5.92 Å². The fraction of sp³-hybridized carbons (Fsp3) is 0.706. The molecule has 1 amide bonds. The Hall–Kier alpha value is -1.73. The molecule has 2 aliphatic rings. The van der Waals surface area contributed by atoms with Crippen molar-refractivity contribution >= 4 is 11.7 Å². The van der Waals surface area contributed by atoms with Gasteiger partial charge in [-0.1, -0.05) is 0 Å². The van der Waals surface area contributed by atoms with E-state index in [1.54, 1.807) is 19.6 Å². The monoisotopic (exact) mass is 334 g/mol. The van der Waals surface area contributed by atoms with E-state index in [2.05, 4.69) is 20.2 Å². The number of hydrogen-bond donors (Lipinski definition) is 2. The van der Waals surface area contributed by atoms with Gasteiger partial charge in [-0.3, -0.25) is 4.79 Å². The van der Waals surface area contributed by atoms with Crippen LogP contribution >= 0.6 is 0 Å². The van der Waals surface area contributed by atoms with Gasteiger partial charge in [-0.2, -0.15) is 0 Å². The van der Waals surface area contributed by atoms with Gasteiger partial charge >= 0.3 is 0 Å². The maximum Gasteiger partial charge on any atom is 0.223 e. The minimum absolute atomic E-state index is 0.0283. The van der Waals surface area contributed by atoms with E-state index in [9.17, 15) is 9.90 Å². The van der Waals surface area contributed by atoms with Crippen molar-refractivity contribution < 1.29 is 14.6 Å². The van der Waals surface area contributed by atoms with Gasteiger partial charge in [0, 0.05) is 32.3 Å². The van der Waals surface area contributed by atoms with Crippen molar-refractivity contribution in [2.24, 2.45) is 5.92 Å². The topological polar surface area (TPSA) is 87.6 Å². The molecule has 1 saturated heterocycles. The summed E-state index contributed by atoms with van der Waals surface area (Å²) in [6, 6.07) is 2.05. The number of methoxy groups -OCH3 is 1. The van der Waals surface area contributed by atoms with E-state index in [4.69, 9.17) is 4.74 Å². The number of aliphatic hydroxyl groups excluding tert-OH is 1. The highest BCUT2D eigenvalue weighted by molar-refractivity contribution is 5.78. The molecule has 1 aromatic rings. The van der Waals surface area contributed by atoms with Crippen LogP contribution < -0.4 is 10.2 Å². The molecule has 2 N–H and O–H groups in total. The minimum Gasteiger partial charge on any atom is -0.393 e. The summed E-state index contributed by atoms with van der Waals surface area (Å²) in [4.78, 5) is 22.9. The summed E-state index contributed by atoms with van der Waals surface area (Å²) in [6.45, 7) is 1.35. The van der Waals surface area contributed by atoms with E-state index in [0.717, 1.165) is 44.5 Å². The van der Waals surface area contributed by atoms with E-state index in [1.807, 2.05) is 6.07 Å². The molecular weight excluding hydrogens is 308 g/mol. The number of amides is 1. The molecule has 3 rings (SSSR count). The second kappa shape index (κ2) is 7.90. The molecule has 0 unspecified atom stereocenters. The molecule has 2 heterocycles. The number of nitrogens with one attached hydrogen (secondary N) is 1. The van der Waals surface area contributed by atoms with Crippen molar-refractivity contribution in [3.8, 4) is 0 Å². The Morgan fingerprint density at radius 3 is 2.88 bits per heavy atom. The van der Waals surface area contributed by atoms with E-state index < -0.39 is 0 Å².